The van der Waals surface area contributed by atoms with Gasteiger partial charge in [-0.05, 0) is 6.92 Å². The van der Waals surface area contributed by atoms with E-state index in [1.165, 1.54) is 0 Å². The van der Waals surface area contributed by atoms with Crippen molar-refractivity contribution in [2.45, 2.75) is 19.8 Å². The number of fused-ring (bicyclic) bond motifs is 1. The Hall–Kier alpha value is -1.98. The first-order valence-electron chi connectivity index (χ1n) is 5.69. The van der Waals surface area contributed by atoms with E-state index in [9.17, 15) is 4.79 Å². The van der Waals surface area contributed by atoms with Gasteiger partial charge in [-0.15, -0.1) is 10.2 Å². The molecule has 0 aromatic carbocycles. The zero-order chi connectivity index (χ0) is 11.8. The molecule has 0 bridgehead atoms. The third-order valence-corrected chi connectivity index (χ3v) is 3.10. The van der Waals surface area contributed by atoms with Crippen LogP contribution in [-0.4, -0.2) is 38.5 Å². The van der Waals surface area contributed by atoms with E-state index in [2.05, 4.69) is 20.1 Å². The number of anilines is 1. The van der Waals surface area contributed by atoms with Crippen LogP contribution in [0.1, 0.15) is 18.7 Å². The molecule has 6 heteroatoms. The van der Waals surface area contributed by atoms with Crippen molar-refractivity contribution in [1.29, 1.82) is 0 Å². The third kappa shape index (κ3) is 1.65. The van der Waals surface area contributed by atoms with Crippen LogP contribution in [-0.2, 0) is 4.79 Å². The number of carbonyl (C=O) groups excluding carboxylic acids is 1. The molecule has 0 amide bonds. The number of hydrogen-bond donors (Lipinski definition) is 0. The van der Waals surface area contributed by atoms with E-state index in [0.29, 0.717) is 18.6 Å². The molecule has 1 fully saturated rings. The fourth-order valence-electron chi connectivity index (χ4n) is 2.12. The summed E-state index contributed by atoms with van der Waals surface area (Å²) in [4.78, 5) is 17.7. The quantitative estimate of drug-likeness (QED) is 0.719. The molecule has 0 radical (unpaired) electrons. The molecule has 3 heterocycles. The minimum absolute atomic E-state index is 0.325. The van der Waals surface area contributed by atoms with Gasteiger partial charge in [0.25, 0.3) is 0 Å². The summed E-state index contributed by atoms with van der Waals surface area (Å²) in [5, 5.41) is 8.18. The molecular formula is C11H13N5O. The summed E-state index contributed by atoms with van der Waals surface area (Å²) in [6, 6.07) is 0. The topological polar surface area (TPSA) is 63.4 Å². The summed E-state index contributed by atoms with van der Waals surface area (Å²) < 4.78 is 1.92. The summed E-state index contributed by atoms with van der Waals surface area (Å²) in [7, 11) is 0. The molecule has 3 rings (SSSR count). The number of nitrogens with zero attached hydrogens (tertiary/aromatic N) is 5. The first-order chi connectivity index (χ1) is 8.25. The highest BCUT2D eigenvalue weighted by atomic mass is 16.1. The molecular weight excluding hydrogens is 218 g/mol. The van der Waals surface area contributed by atoms with E-state index < -0.39 is 0 Å². The lowest BCUT2D eigenvalue weighted by atomic mass is 10.1. The van der Waals surface area contributed by atoms with Crippen molar-refractivity contribution in [3.05, 3.63) is 18.2 Å². The van der Waals surface area contributed by atoms with Crippen LogP contribution in [0.2, 0.25) is 0 Å². The van der Waals surface area contributed by atoms with Crippen LogP contribution < -0.4 is 4.90 Å². The number of ketones is 1. The molecule has 0 atom stereocenters. The van der Waals surface area contributed by atoms with E-state index in [-0.39, 0.29) is 0 Å². The second-order valence-electron chi connectivity index (χ2n) is 4.22. The Morgan fingerprint density at radius 3 is 2.76 bits per heavy atom. The highest BCUT2D eigenvalue weighted by Crippen LogP contribution is 2.20. The zero-order valence-corrected chi connectivity index (χ0v) is 9.63. The molecule has 0 aliphatic carbocycles. The van der Waals surface area contributed by atoms with E-state index >= 15 is 0 Å². The van der Waals surface area contributed by atoms with Crippen LogP contribution in [0.15, 0.2) is 12.4 Å². The Kier molecular flexibility index (Phi) is 2.28. The van der Waals surface area contributed by atoms with Gasteiger partial charge in [-0.3, -0.25) is 9.20 Å². The highest BCUT2D eigenvalue weighted by molar-refractivity contribution is 5.81. The van der Waals surface area contributed by atoms with Crippen molar-refractivity contribution in [2.75, 3.05) is 18.0 Å². The number of rotatable bonds is 1. The molecule has 1 saturated heterocycles. The van der Waals surface area contributed by atoms with E-state index in [4.69, 9.17) is 0 Å². The molecule has 6 nitrogen and oxygen atoms in total. The molecule has 17 heavy (non-hydrogen) atoms. The van der Waals surface area contributed by atoms with Crippen molar-refractivity contribution in [2.24, 2.45) is 0 Å². The Morgan fingerprint density at radius 2 is 2.00 bits per heavy atom. The summed E-state index contributed by atoms with van der Waals surface area (Å²) in [5.74, 6) is 1.99. The smallest absolute Gasteiger partial charge is 0.203 e. The summed E-state index contributed by atoms with van der Waals surface area (Å²) in [6.07, 6.45) is 4.78. The van der Waals surface area contributed by atoms with Gasteiger partial charge < -0.3 is 4.90 Å². The third-order valence-electron chi connectivity index (χ3n) is 3.10. The molecule has 1 aliphatic rings. The zero-order valence-electron chi connectivity index (χ0n) is 9.63. The van der Waals surface area contributed by atoms with Gasteiger partial charge in [-0.2, -0.15) is 0 Å². The molecule has 88 valence electrons. The predicted molar refractivity (Wildman–Crippen MR) is 62.0 cm³/mol. The van der Waals surface area contributed by atoms with Crippen molar-refractivity contribution >= 4 is 17.2 Å². The lowest BCUT2D eigenvalue weighted by Gasteiger charge is -2.26. The monoisotopic (exact) mass is 231 g/mol. The first-order valence-corrected chi connectivity index (χ1v) is 5.69. The van der Waals surface area contributed by atoms with E-state index in [0.717, 1.165) is 30.4 Å². The Bertz CT molecular complexity index is 566. The second kappa shape index (κ2) is 3.80. The van der Waals surface area contributed by atoms with Gasteiger partial charge in [0.1, 0.15) is 11.6 Å². The Balaban J connectivity index is 2.02. The minimum Gasteiger partial charge on any atom is -0.353 e. The maximum Gasteiger partial charge on any atom is 0.203 e. The average molecular weight is 231 g/mol. The number of Topliss-reactive ketones (excluding diaryl/α,β-unsaturated/α-hetero) is 1. The van der Waals surface area contributed by atoms with Crippen molar-refractivity contribution in [1.82, 2.24) is 19.6 Å². The van der Waals surface area contributed by atoms with Crippen molar-refractivity contribution in [3.8, 4) is 0 Å². The van der Waals surface area contributed by atoms with Crippen LogP contribution >= 0.6 is 0 Å². The Labute approximate surface area is 98.3 Å². The number of hydrogen-bond acceptors (Lipinski definition) is 5. The molecule has 0 N–H and O–H groups in total. The normalized spacial score (nSPS) is 16.8. The fraction of sp³-hybridized carbons (Fsp3) is 0.455. The number of aromatic nitrogens is 4. The van der Waals surface area contributed by atoms with Gasteiger partial charge >= 0.3 is 0 Å². The molecule has 0 saturated carbocycles. The van der Waals surface area contributed by atoms with Crippen LogP contribution in [0.4, 0.5) is 5.82 Å². The van der Waals surface area contributed by atoms with Crippen LogP contribution in [0, 0.1) is 6.92 Å². The van der Waals surface area contributed by atoms with E-state index in [1.54, 1.807) is 6.20 Å². The maximum absolute atomic E-state index is 11.2. The minimum atomic E-state index is 0.325. The maximum atomic E-state index is 11.2. The lowest BCUT2D eigenvalue weighted by Crippen LogP contribution is -2.34. The lowest BCUT2D eigenvalue weighted by molar-refractivity contribution is -0.119. The molecule has 0 unspecified atom stereocenters. The van der Waals surface area contributed by atoms with Crippen LogP contribution in [0.3, 0.4) is 0 Å². The summed E-state index contributed by atoms with van der Waals surface area (Å²) in [5.41, 5.74) is 0.763. The molecule has 2 aromatic rings. The largest absolute Gasteiger partial charge is 0.353 e. The average Bonchev–Trinajstić information content (AvgIpc) is 2.73. The number of piperidine rings is 1. The van der Waals surface area contributed by atoms with Gasteiger partial charge in [-0.25, -0.2) is 4.98 Å². The number of carbonyl (C=O) groups is 1. The van der Waals surface area contributed by atoms with Crippen molar-refractivity contribution < 1.29 is 4.79 Å². The van der Waals surface area contributed by atoms with Gasteiger partial charge in [-0.1, -0.05) is 0 Å². The van der Waals surface area contributed by atoms with Gasteiger partial charge in [0.05, 0.1) is 0 Å². The van der Waals surface area contributed by atoms with Crippen LogP contribution in [0.5, 0.6) is 0 Å². The van der Waals surface area contributed by atoms with Gasteiger partial charge in [0.15, 0.2) is 5.82 Å². The molecule has 2 aromatic heterocycles. The first kappa shape index (κ1) is 10.2. The SMILES string of the molecule is Cc1nnc2c(N3CCC(=O)CC3)nccn12. The molecule has 0 spiro atoms. The summed E-state index contributed by atoms with van der Waals surface area (Å²) >= 11 is 0. The van der Waals surface area contributed by atoms with Gasteiger partial charge in [0.2, 0.25) is 5.65 Å². The van der Waals surface area contributed by atoms with Crippen LogP contribution in [0.25, 0.3) is 5.65 Å². The Morgan fingerprint density at radius 1 is 1.24 bits per heavy atom. The second-order valence-corrected chi connectivity index (χ2v) is 4.22. The summed E-state index contributed by atoms with van der Waals surface area (Å²) in [6.45, 7) is 3.35. The fourth-order valence-corrected chi connectivity index (χ4v) is 2.12. The van der Waals surface area contributed by atoms with Gasteiger partial charge in [0, 0.05) is 38.3 Å². The molecule has 1 aliphatic heterocycles. The van der Waals surface area contributed by atoms with Crippen molar-refractivity contribution in [3.63, 3.8) is 0 Å². The predicted octanol–water partition coefficient (Wildman–Crippen LogP) is 0.602. The number of aryl methyl sites for hydroxylation is 1. The standard InChI is InChI=1S/C11H13N5O/c1-8-13-14-11-10(12-4-7-16(8)11)15-5-2-9(17)3-6-15/h4,7H,2-3,5-6H2,1H3. The van der Waals surface area contributed by atoms with E-state index in [1.807, 2.05) is 17.5 Å². The highest BCUT2D eigenvalue weighted by Gasteiger charge is 2.20.